The Morgan fingerprint density at radius 1 is 1.19 bits per heavy atom. The van der Waals surface area contributed by atoms with Crippen LogP contribution >= 0.6 is 0 Å². The molecule has 4 rings (SSSR count). The largest absolute Gasteiger partial charge is 0.470 e. The number of carbonyl (C=O) groups excluding carboxylic acids is 1. The monoisotopic (exact) mass is 425 g/mol. The molecule has 8 nitrogen and oxygen atoms in total. The van der Waals surface area contributed by atoms with Crippen molar-refractivity contribution in [3.63, 3.8) is 0 Å². The summed E-state index contributed by atoms with van der Waals surface area (Å²) in [6.07, 6.45) is 5.48. The lowest BCUT2D eigenvalue weighted by atomic mass is 9.99. The number of aromatic nitrogens is 4. The highest BCUT2D eigenvalue weighted by molar-refractivity contribution is 5.97. The van der Waals surface area contributed by atoms with Gasteiger partial charge in [0.15, 0.2) is 5.82 Å². The molecule has 3 heterocycles. The first-order valence-corrected chi connectivity index (χ1v) is 10.1. The summed E-state index contributed by atoms with van der Waals surface area (Å²) in [7, 11) is 0. The van der Waals surface area contributed by atoms with Gasteiger partial charge in [-0.25, -0.2) is 9.37 Å². The molecule has 1 amide bonds. The van der Waals surface area contributed by atoms with Gasteiger partial charge in [0.05, 0.1) is 35.8 Å². The maximum absolute atomic E-state index is 14.8. The number of amides is 1. The molecule has 0 spiro atoms. The van der Waals surface area contributed by atoms with Crippen molar-refractivity contribution in [3.05, 3.63) is 65.9 Å². The summed E-state index contributed by atoms with van der Waals surface area (Å²) >= 11 is 0. The molecule has 9 heteroatoms. The molecule has 1 unspecified atom stereocenters. The normalized spacial score (nSPS) is 16.9. The van der Waals surface area contributed by atoms with Gasteiger partial charge < -0.3 is 14.7 Å². The van der Waals surface area contributed by atoms with E-state index in [1.807, 2.05) is 6.07 Å². The number of halogens is 1. The maximum atomic E-state index is 14.8. The summed E-state index contributed by atoms with van der Waals surface area (Å²) in [6.45, 7) is 3.87. The Hall–Kier alpha value is -3.33. The van der Waals surface area contributed by atoms with E-state index >= 15 is 0 Å². The SMILES string of the molecule is CC(C)(O)c1ccnc(OC2CCCN(C(=O)c3ccccc3-n3nccn3)C2)c1F. The number of aliphatic hydroxyl groups is 1. The van der Waals surface area contributed by atoms with Crippen molar-refractivity contribution in [2.45, 2.75) is 38.4 Å². The average molecular weight is 425 g/mol. The van der Waals surface area contributed by atoms with Crippen molar-refractivity contribution < 1.29 is 19.0 Å². The third kappa shape index (κ3) is 4.41. The molecular weight excluding hydrogens is 401 g/mol. The molecule has 1 saturated heterocycles. The van der Waals surface area contributed by atoms with Crippen molar-refractivity contribution in [3.8, 4) is 11.6 Å². The lowest BCUT2D eigenvalue weighted by molar-refractivity contribution is 0.0505. The molecule has 1 aliphatic rings. The minimum absolute atomic E-state index is 0.113. The predicted octanol–water partition coefficient (Wildman–Crippen LogP) is 2.71. The van der Waals surface area contributed by atoms with Crippen LogP contribution in [0, 0.1) is 5.82 Å². The molecule has 1 N–H and O–H groups in total. The first-order valence-electron chi connectivity index (χ1n) is 10.1. The quantitative estimate of drug-likeness (QED) is 0.676. The van der Waals surface area contributed by atoms with Crippen LogP contribution in [0.2, 0.25) is 0 Å². The molecule has 1 aliphatic heterocycles. The molecule has 3 aromatic rings. The third-order valence-corrected chi connectivity index (χ3v) is 5.23. The molecule has 31 heavy (non-hydrogen) atoms. The van der Waals surface area contributed by atoms with E-state index in [1.54, 1.807) is 35.5 Å². The van der Waals surface area contributed by atoms with Gasteiger partial charge in [0.25, 0.3) is 11.8 Å². The zero-order chi connectivity index (χ0) is 22.0. The number of piperidine rings is 1. The van der Waals surface area contributed by atoms with Crippen LogP contribution in [0.5, 0.6) is 5.88 Å². The second-order valence-corrected chi connectivity index (χ2v) is 8.01. The number of carbonyl (C=O) groups is 1. The van der Waals surface area contributed by atoms with Crippen molar-refractivity contribution >= 4 is 5.91 Å². The van der Waals surface area contributed by atoms with E-state index in [9.17, 15) is 14.3 Å². The Labute approximate surface area is 179 Å². The van der Waals surface area contributed by atoms with Crippen LogP contribution in [0.4, 0.5) is 4.39 Å². The number of pyridine rings is 1. The van der Waals surface area contributed by atoms with Crippen molar-refractivity contribution in [2.24, 2.45) is 0 Å². The first kappa shape index (κ1) is 20.9. The average Bonchev–Trinajstić information content (AvgIpc) is 3.29. The molecule has 1 atom stereocenters. The number of hydrogen-bond acceptors (Lipinski definition) is 6. The lowest BCUT2D eigenvalue weighted by Crippen LogP contribution is -2.44. The van der Waals surface area contributed by atoms with Crippen molar-refractivity contribution in [2.75, 3.05) is 13.1 Å². The van der Waals surface area contributed by atoms with Crippen LogP contribution in [0.1, 0.15) is 42.6 Å². The highest BCUT2D eigenvalue weighted by atomic mass is 19.1. The number of benzene rings is 1. The molecule has 162 valence electrons. The smallest absolute Gasteiger partial charge is 0.256 e. The first-order chi connectivity index (χ1) is 14.8. The Kier molecular flexibility index (Phi) is 5.69. The molecule has 0 bridgehead atoms. The van der Waals surface area contributed by atoms with Crippen LogP contribution in [0.3, 0.4) is 0 Å². The van der Waals surface area contributed by atoms with E-state index in [2.05, 4.69) is 15.2 Å². The molecular formula is C22H24FN5O3. The van der Waals surface area contributed by atoms with Gasteiger partial charge in [0.2, 0.25) is 0 Å². The van der Waals surface area contributed by atoms with E-state index in [1.165, 1.54) is 30.9 Å². The standard InChI is InChI=1S/C22H24FN5O3/c1-22(2,30)17-9-10-24-20(19(17)23)31-15-6-5-13-27(14-15)21(29)16-7-3-4-8-18(16)28-25-11-12-26-28/h3-4,7-12,15,30H,5-6,13-14H2,1-2H3. The number of nitrogens with zero attached hydrogens (tertiary/aromatic N) is 5. The summed E-state index contributed by atoms with van der Waals surface area (Å²) in [5.74, 6) is -1.02. The van der Waals surface area contributed by atoms with Gasteiger partial charge in [0, 0.05) is 18.3 Å². The fourth-order valence-electron chi connectivity index (χ4n) is 3.70. The Bertz CT molecular complexity index is 1070. The molecule has 0 saturated carbocycles. The lowest BCUT2D eigenvalue weighted by Gasteiger charge is -2.33. The Morgan fingerprint density at radius 2 is 1.94 bits per heavy atom. The summed E-state index contributed by atoms with van der Waals surface area (Å²) in [6, 6.07) is 8.56. The van der Waals surface area contributed by atoms with Crippen LogP contribution in [0.25, 0.3) is 5.69 Å². The van der Waals surface area contributed by atoms with Crippen LogP contribution in [0.15, 0.2) is 48.9 Å². The predicted molar refractivity (Wildman–Crippen MR) is 110 cm³/mol. The Morgan fingerprint density at radius 3 is 2.68 bits per heavy atom. The van der Waals surface area contributed by atoms with Crippen LogP contribution in [-0.2, 0) is 5.60 Å². The van der Waals surface area contributed by atoms with Gasteiger partial charge in [-0.3, -0.25) is 4.79 Å². The summed E-state index contributed by atoms with van der Waals surface area (Å²) < 4.78 is 20.6. The topological polar surface area (TPSA) is 93.4 Å². The molecule has 0 aliphatic carbocycles. The number of para-hydroxylation sites is 1. The van der Waals surface area contributed by atoms with Gasteiger partial charge in [0.1, 0.15) is 6.10 Å². The van der Waals surface area contributed by atoms with Gasteiger partial charge in [-0.15, -0.1) is 0 Å². The van der Waals surface area contributed by atoms with Crippen LogP contribution in [-0.4, -0.2) is 55.1 Å². The molecule has 1 fully saturated rings. The van der Waals surface area contributed by atoms with Crippen LogP contribution < -0.4 is 4.74 Å². The fraction of sp³-hybridized carbons (Fsp3) is 0.364. The summed E-state index contributed by atoms with van der Waals surface area (Å²) in [4.78, 5) is 20.3. The highest BCUT2D eigenvalue weighted by Crippen LogP contribution is 2.29. The van der Waals surface area contributed by atoms with Crippen molar-refractivity contribution in [1.29, 1.82) is 0 Å². The van der Waals surface area contributed by atoms with Gasteiger partial charge in [-0.2, -0.15) is 15.0 Å². The molecule has 1 aromatic carbocycles. The maximum Gasteiger partial charge on any atom is 0.256 e. The van der Waals surface area contributed by atoms with Gasteiger partial charge >= 0.3 is 0 Å². The molecule has 2 aromatic heterocycles. The summed E-state index contributed by atoms with van der Waals surface area (Å²) in [5.41, 5.74) is -0.176. The molecule has 0 radical (unpaired) electrons. The van der Waals surface area contributed by atoms with Crippen molar-refractivity contribution in [1.82, 2.24) is 24.9 Å². The number of ether oxygens (including phenoxy) is 1. The zero-order valence-corrected chi connectivity index (χ0v) is 17.4. The van der Waals surface area contributed by atoms with E-state index in [0.29, 0.717) is 37.2 Å². The van der Waals surface area contributed by atoms with E-state index in [0.717, 1.165) is 0 Å². The van der Waals surface area contributed by atoms with E-state index in [4.69, 9.17) is 4.74 Å². The fourth-order valence-corrected chi connectivity index (χ4v) is 3.70. The minimum Gasteiger partial charge on any atom is -0.470 e. The van der Waals surface area contributed by atoms with Gasteiger partial charge in [-0.05, 0) is 44.9 Å². The highest BCUT2D eigenvalue weighted by Gasteiger charge is 2.30. The Balaban J connectivity index is 1.52. The second-order valence-electron chi connectivity index (χ2n) is 8.01. The number of hydrogen-bond donors (Lipinski definition) is 1. The second kappa shape index (κ2) is 8.43. The van der Waals surface area contributed by atoms with Gasteiger partial charge in [-0.1, -0.05) is 12.1 Å². The number of likely N-dealkylation sites (tertiary alicyclic amines) is 1. The zero-order valence-electron chi connectivity index (χ0n) is 17.4. The van der Waals surface area contributed by atoms with E-state index in [-0.39, 0.29) is 17.4 Å². The van der Waals surface area contributed by atoms with E-state index < -0.39 is 17.5 Å². The third-order valence-electron chi connectivity index (χ3n) is 5.23. The summed E-state index contributed by atoms with van der Waals surface area (Å²) in [5, 5.41) is 18.4. The number of rotatable bonds is 5. The minimum atomic E-state index is -1.36.